The number of para-hydroxylation sites is 1. The Kier molecular flexibility index (Phi) is 2.99. The average molecular weight is 257 g/mol. The molecule has 0 fully saturated rings. The molecule has 0 spiro atoms. The molecule has 3 rings (SSSR count). The zero-order valence-electron chi connectivity index (χ0n) is 10.6. The van der Waals surface area contributed by atoms with E-state index in [0.29, 0.717) is 13.0 Å². The fourth-order valence-electron chi connectivity index (χ4n) is 2.61. The molecule has 1 heterocycles. The number of fused-ring (bicyclic) bond motifs is 1. The first kappa shape index (κ1) is 12.2. The SMILES string of the molecule is NC1(Cc2cccc(F)c2)COc2ccccc2C1. The lowest BCUT2D eigenvalue weighted by Crippen LogP contribution is -2.51. The zero-order chi connectivity index (χ0) is 13.3. The van der Waals surface area contributed by atoms with E-state index >= 15 is 0 Å². The Bertz CT molecular complexity index is 599. The Hall–Kier alpha value is -1.87. The van der Waals surface area contributed by atoms with Gasteiger partial charge in [-0.2, -0.15) is 0 Å². The summed E-state index contributed by atoms with van der Waals surface area (Å²) in [5, 5.41) is 0. The maximum absolute atomic E-state index is 13.2. The highest BCUT2D eigenvalue weighted by Gasteiger charge is 2.32. The third kappa shape index (κ3) is 2.61. The lowest BCUT2D eigenvalue weighted by Gasteiger charge is -2.34. The number of halogens is 1. The second-order valence-corrected chi connectivity index (χ2v) is 5.24. The van der Waals surface area contributed by atoms with E-state index in [0.717, 1.165) is 23.3 Å². The van der Waals surface area contributed by atoms with Gasteiger partial charge in [0.1, 0.15) is 18.2 Å². The van der Waals surface area contributed by atoms with Crippen molar-refractivity contribution in [3.8, 4) is 5.75 Å². The summed E-state index contributed by atoms with van der Waals surface area (Å²) in [4.78, 5) is 0. The van der Waals surface area contributed by atoms with Crippen molar-refractivity contribution in [2.75, 3.05) is 6.61 Å². The van der Waals surface area contributed by atoms with Crippen LogP contribution >= 0.6 is 0 Å². The van der Waals surface area contributed by atoms with Crippen molar-refractivity contribution >= 4 is 0 Å². The van der Waals surface area contributed by atoms with Crippen LogP contribution in [0.25, 0.3) is 0 Å². The topological polar surface area (TPSA) is 35.2 Å². The predicted molar refractivity (Wildman–Crippen MR) is 72.7 cm³/mol. The van der Waals surface area contributed by atoms with Gasteiger partial charge in [-0.3, -0.25) is 0 Å². The van der Waals surface area contributed by atoms with Crippen molar-refractivity contribution in [1.29, 1.82) is 0 Å². The molecule has 1 atom stereocenters. The number of hydrogen-bond acceptors (Lipinski definition) is 2. The average Bonchev–Trinajstić information content (AvgIpc) is 2.38. The van der Waals surface area contributed by atoms with Gasteiger partial charge in [-0.05, 0) is 42.2 Å². The van der Waals surface area contributed by atoms with Gasteiger partial charge in [0.15, 0.2) is 0 Å². The maximum Gasteiger partial charge on any atom is 0.123 e. The Morgan fingerprint density at radius 1 is 1.16 bits per heavy atom. The maximum atomic E-state index is 13.2. The van der Waals surface area contributed by atoms with Crippen molar-refractivity contribution in [2.45, 2.75) is 18.4 Å². The summed E-state index contributed by atoms with van der Waals surface area (Å²) in [7, 11) is 0. The van der Waals surface area contributed by atoms with E-state index in [2.05, 4.69) is 0 Å². The summed E-state index contributed by atoms with van der Waals surface area (Å²) in [6.07, 6.45) is 1.36. The summed E-state index contributed by atoms with van der Waals surface area (Å²) in [5.41, 5.74) is 7.96. The van der Waals surface area contributed by atoms with Crippen LogP contribution in [0.1, 0.15) is 11.1 Å². The first-order valence-corrected chi connectivity index (χ1v) is 6.39. The van der Waals surface area contributed by atoms with Gasteiger partial charge in [0.2, 0.25) is 0 Å². The van der Waals surface area contributed by atoms with Gasteiger partial charge in [-0.15, -0.1) is 0 Å². The van der Waals surface area contributed by atoms with Gasteiger partial charge in [0.25, 0.3) is 0 Å². The highest BCUT2D eigenvalue weighted by atomic mass is 19.1. The van der Waals surface area contributed by atoms with Gasteiger partial charge < -0.3 is 10.5 Å². The highest BCUT2D eigenvalue weighted by Crippen LogP contribution is 2.29. The first-order valence-electron chi connectivity index (χ1n) is 6.39. The fraction of sp³-hybridized carbons (Fsp3) is 0.250. The second-order valence-electron chi connectivity index (χ2n) is 5.24. The molecule has 0 amide bonds. The molecular weight excluding hydrogens is 241 g/mol. The van der Waals surface area contributed by atoms with E-state index in [9.17, 15) is 4.39 Å². The van der Waals surface area contributed by atoms with Gasteiger partial charge >= 0.3 is 0 Å². The Morgan fingerprint density at radius 3 is 2.84 bits per heavy atom. The Labute approximate surface area is 112 Å². The van der Waals surface area contributed by atoms with Gasteiger partial charge in [-0.25, -0.2) is 4.39 Å². The van der Waals surface area contributed by atoms with Crippen LogP contribution in [0, 0.1) is 5.82 Å². The standard InChI is InChI=1S/C16H16FNO/c17-14-6-3-4-12(8-14)9-16(18)10-13-5-1-2-7-15(13)19-11-16/h1-8H,9-11,18H2. The molecule has 0 saturated heterocycles. The first-order chi connectivity index (χ1) is 9.15. The highest BCUT2D eigenvalue weighted by molar-refractivity contribution is 5.37. The molecule has 0 saturated carbocycles. The molecule has 0 bridgehead atoms. The molecule has 19 heavy (non-hydrogen) atoms. The van der Waals surface area contributed by atoms with Crippen LogP contribution in [0.4, 0.5) is 4.39 Å². The molecule has 3 heteroatoms. The third-order valence-electron chi connectivity index (χ3n) is 3.48. The molecule has 0 aliphatic carbocycles. The summed E-state index contributed by atoms with van der Waals surface area (Å²) >= 11 is 0. The van der Waals surface area contributed by atoms with Crippen molar-refractivity contribution in [3.63, 3.8) is 0 Å². The minimum absolute atomic E-state index is 0.224. The fourth-order valence-corrected chi connectivity index (χ4v) is 2.61. The van der Waals surface area contributed by atoms with Gasteiger partial charge in [-0.1, -0.05) is 30.3 Å². The van der Waals surface area contributed by atoms with Crippen LogP contribution in [0.5, 0.6) is 5.75 Å². The van der Waals surface area contributed by atoms with E-state index in [1.165, 1.54) is 12.1 Å². The van der Waals surface area contributed by atoms with E-state index in [1.807, 2.05) is 30.3 Å². The second kappa shape index (κ2) is 4.67. The van der Waals surface area contributed by atoms with Crippen LogP contribution in [0.15, 0.2) is 48.5 Å². The smallest absolute Gasteiger partial charge is 0.123 e. The Morgan fingerprint density at radius 2 is 2.00 bits per heavy atom. The van der Waals surface area contributed by atoms with Crippen LogP contribution in [0.3, 0.4) is 0 Å². The summed E-state index contributed by atoms with van der Waals surface area (Å²) in [6, 6.07) is 14.5. The number of ether oxygens (including phenoxy) is 1. The van der Waals surface area contributed by atoms with Crippen molar-refractivity contribution < 1.29 is 9.13 Å². The van der Waals surface area contributed by atoms with Gasteiger partial charge in [0, 0.05) is 0 Å². The number of rotatable bonds is 2. The van der Waals surface area contributed by atoms with Crippen molar-refractivity contribution in [3.05, 3.63) is 65.5 Å². The van der Waals surface area contributed by atoms with E-state index < -0.39 is 5.54 Å². The summed E-state index contributed by atoms with van der Waals surface area (Å²) in [5.74, 6) is 0.682. The molecule has 1 aliphatic heterocycles. The normalized spacial score (nSPS) is 21.6. The van der Waals surface area contributed by atoms with E-state index in [-0.39, 0.29) is 5.82 Å². The van der Waals surface area contributed by atoms with Crippen molar-refractivity contribution in [2.24, 2.45) is 5.73 Å². The number of benzene rings is 2. The molecule has 98 valence electrons. The molecule has 0 radical (unpaired) electrons. The molecule has 1 unspecified atom stereocenters. The lowest BCUT2D eigenvalue weighted by molar-refractivity contribution is 0.190. The lowest BCUT2D eigenvalue weighted by atomic mass is 9.84. The van der Waals surface area contributed by atoms with E-state index in [4.69, 9.17) is 10.5 Å². The van der Waals surface area contributed by atoms with Crippen LogP contribution in [-0.2, 0) is 12.8 Å². The van der Waals surface area contributed by atoms with Crippen molar-refractivity contribution in [1.82, 2.24) is 0 Å². The zero-order valence-corrected chi connectivity index (χ0v) is 10.6. The van der Waals surface area contributed by atoms with Gasteiger partial charge in [0.05, 0.1) is 5.54 Å². The molecule has 2 aromatic carbocycles. The van der Waals surface area contributed by atoms with Crippen LogP contribution in [-0.4, -0.2) is 12.1 Å². The number of nitrogens with two attached hydrogens (primary N) is 1. The molecular formula is C16H16FNO. The molecule has 1 aliphatic rings. The van der Waals surface area contributed by atoms with Crippen LogP contribution in [0.2, 0.25) is 0 Å². The summed E-state index contributed by atoms with van der Waals surface area (Å²) in [6.45, 7) is 0.459. The molecule has 2 aromatic rings. The summed E-state index contributed by atoms with van der Waals surface area (Å²) < 4.78 is 18.9. The number of hydrogen-bond donors (Lipinski definition) is 1. The molecule has 0 aromatic heterocycles. The largest absolute Gasteiger partial charge is 0.491 e. The molecule has 2 N–H and O–H groups in total. The third-order valence-corrected chi connectivity index (χ3v) is 3.48. The minimum atomic E-state index is -0.470. The minimum Gasteiger partial charge on any atom is -0.491 e. The van der Waals surface area contributed by atoms with E-state index in [1.54, 1.807) is 6.07 Å². The Balaban J connectivity index is 1.82. The predicted octanol–water partition coefficient (Wildman–Crippen LogP) is 2.70. The monoisotopic (exact) mass is 257 g/mol. The van der Waals surface area contributed by atoms with Crippen LogP contribution < -0.4 is 10.5 Å². The molecule has 2 nitrogen and oxygen atoms in total. The quantitative estimate of drug-likeness (QED) is 0.897.